The first kappa shape index (κ1) is 7.17. The van der Waals surface area contributed by atoms with Gasteiger partial charge in [-0.3, -0.25) is 0 Å². The summed E-state index contributed by atoms with van der Waals surface area (Å²) in [5, 5.41) is 0. The van der Waals surface area contributed by atoms with Gasteiger partial charge in [-0.15, -0.1) is 0 Å². The first-order valence-electron chi connectivity index (χ1n) is 3.69. The van der Waals surface area contributed by atoms with Crippen LogP contribution in [-0.4, -0.2) is 6.61 Å². The molecule has 1 nitrogen and oxygen atoms in total. The number of fused-ring (bicyclic) bond motifs is 1. The Kier molecular flexibility index (Phi) is 1.64. The topological polar surface area (TPSA) is 9.23 Å². The Balaban J connectivity index is 2.57. The maximum atomic E-state index is 5.41. The summed E-state index contributed by atoms with van der Waals surface area (Å²) in [7, 11) is 0. The van der Waals surface area contributed by atoms with Gasteiger partial charge in [0, 0.05) is 10.9 Å². The summed E-state index contributed by atoms with van der Waals surface area (Å²) in [6.07, 6.45) is 1.05. The van der Waals surface area contributed by atoms with Crippen molar-refractivity contribution in [2.45, 2.75) is 13.3 Å². The van der Waals surface area contributed by atoms with E-state index < -0.39 is 0 Å². The zero-order chi connectivity index (χ0) is 7.84. The molecule has 11 heavy (non-hydrogen) atoms. The van der Waals surface area contributed by atoms with Crippen molar-refractivity contribution < 1.29 is 4.74 Å². The van der Waals surface area contributed by atoms with Crippen LogP contribution in [0.4, 0.5) is 0 Å². The number of hydrogen-bond donors (Lipinski definition) is 0. The number of hydrogen-bond acceptors (Lipinski definition) is 1. The molecule has 1 aliphatic rings. The standard InChI is InChI=1S/C9H9BrO/c1-6-4-9-7(2-3-11-9)5-8(6)10/h4-5H,2-3H2,1H3. The molecule has 2 heteroatoms. The highest BCUT2D eigenvalue weighted by atomic mass is 79.9. The zero-order valence-corrected chi connectivity index (χ0v) is 7.94. The van der Waals surface area contributed by atoms with Crippen LogP contribution in [0.3, 0.4) is 0 Å². The van der Waals surface area contributed by atoms with Gasteiger partial charge in [0.05, 0.1) is 6.61 Å². The Hall–Kier alpha value is -0.500. The van der Waals surface area contributed by atoms with E-state index in [2.05, 4.69) is 35.0 Å². The molecule has 0 N–H and O–H groups in total. The van der Waals surface area contributed by atoms with Crippen LogP contribution in [-0.2, 0) is 6.42 Å². The molecule has 1 aromatic carbocycles. The van der Waals surface area contributed by atoms with E-state index in [1.165, 1.54) is 15.6 Å². The summed E-state index contributed by atoms with van der Waals surface area (Å²) in [4.78, 5) is 0. The van der Waals surface area contributed by atoms with Gasteiger partial charge in [0.2, 0.25) is 0 Å². The molecule has 2 rings (SSSR count). The van der Waals surface area contributed by atoms with Crippen LogP contribution in [0.1, 0.15) is 11.1 Å². The zero-order valence-electron chi connectivity index (χ0n) is 6.36. The van der Waals surface area contributed by atoms with Crippen LogP contribution in [0.15, 0.2) is 16.6 Å². The molecule has 0 radical (unpaired) electrons. The van der Waals surface area contributed by atoms with E-state index >= 15 is 0 Å². The maximum Gasteiger partial charge on any atom is 0.122 e. The first-order valence-corrected chi connectivity index (χ1v) is 4.48. The lowest BCUT2D eigenvalue weighted by atomic mass is 10.1. The van der Waals surface area contributed by atoms with Gasteiger partial charge >= 0.3 is 0 Å². The molecule has 1 aliphatic heterocycles. The number of halogens is 1. The minimum absolute atomic E-state index is 0.839. The lowest BCUT2D eigenvalue weighted by Gasteiger charge is -2.01. The van der Waals surface area contributed by atoms with Crippen molar-refractivity contribution in [3.05, 3.63) is 27.7 Å². The fraction of sp³-hybridized carbons (Fsp3) is 0.333. The van der Waals surface area contributed by atoms with Crippen LogP contribution in [0.5, 0.6) is 5.75 Å². The summed E-state index contributed by atoms with van der Waals surface area (Å²) in [6.45, 7) is 2.91. The van der Waals surface area contributed by atoms with E-state index in [1.807, 2.05) is 0 Å². The van der Waals surface area contributed by atoms with Gasteiger partial charge in [-0.05, 0) is 30.2 Å². The summed E-state index contributed by atoms with van der Waals surface area (Å²) >= 11 is 3.49. The van der Waals surface area contributed by atoms with Crippen molar-refractivity contribution in [2.24, 2.45) is 0 Å². The van der Waals surface area contributed by atoms with E-state index in [-0.39, 0.29) is 0 Å². The molecule has 1 aromatic rings. The molecule has 0 bridgehead atoms. The molecule has 0 aromatic heterocycles. The van der Waals surface area contributed by atoms with Gasteiger partial charge in [-0.1, -0.05) is 15.9 Å². The quantitative estimate of drug-likeness (QED) is 0.643. The monoisotopic (exact) mass is 212 g/mol. The average molecular weight is 213 g/mol. The second-order valence-electron chi connectivity index (χ2n) is 2.81. The Labute approximate surface area is 74.5 Å². The van der Waals surface area contributed by atoms with Crippen LogP contribution in [0, 0.1) is 6.92 Å². The van der Waals surface area contributed by atoms with E-state index in [1.54, 1.807) is 0 Å². The lowest BCUT2D eigenvalue weighted by Crippen LogP contribution is -1.86. The third-order valence-corrected chi connectivity index (χ3v) is 2.83. The highest BCUT2D eigenvalue weighted by Crippen LogP contribution is 2.30. The molecule has 0 fully saturated rings. The maximum absolute atomic E-state index is 5.41. The Morgan fingerprint density at radius 1 is 1.45 bits per heavy atom. The smallest absolute Gasteiger partial charge is 0.122 e. The summed E-state index contributed by atoms with van der Waals surface area (Å²) in [5.41, 5.74) is 2.56. The van der Waals surface area contributed by atoms with Gasteiger partial charge in [0.1, 0.15) is 5.75 Å². The predicted molar refractivity (Wildman–Crippen MR) is 48.1 cm³/mol. The molecule has 0 aliphatic carbocycles. The third-order valence-electron chi connectivity index (χ3n) is 1.97. The number of rotatable bonds is 0. The largest absolute Gasteiger partial charge is 0.493 e. The molecule has 0 saturated heterocycles. The first-order chi connectivity index (χ1) is 5.27. The van der Waals surface area contributed by atoms with Crippen molar-refractivity contribution in [3.63, 3.8) is 0 Å². The molecule has 58 valence electrons. The highest BCUT2D eigenvalue weighted by molar-refractivity contribution is 9.10. The molecular formula is C9H9BrO. The second-order valence-corrected chi connectivity index (χ2v) is 3.66. The Bertz CT molecular complexity index is 265. The molecule has 0 saturated carbocycles. The molecule has 0 unspecified atom stereocenters. The Morgan fingerprint density at radius 3 is 3.09 bits per heavy atom. The Morgan fingerprint density at radius 2 is 2.27 bits per heavy atom. The van der Waals surface area contributed by atoms with E-state index in [9.17, 15) is 0 Å². The normalized spacial score (nSPS) is 14.4. The molecule has 0 amide bonds. The van der Waals surface area contributed by atoms with Crippen molar-refractivity contribution in [1.29, 1.82) is 0 Å². The van der Waals surface area contributed by atoms with Crippen molar-refractivity contribution in [2.75, 3.05) is 6.61 Å². The number of aryl methyl sites for hydroxylation is 1. The minimum atomic E-state index is 0.839. The molecule has 0 spiro atoms. The van der Waals surface area contributed by atoms with E-state index in [0.717, 1.165) is 18.8 Å². The van der Waals surface area contributed by atoms with Crippen molar-refractivity contribution in [1.82, 2.24) is 0 Å². The summed E-state index contributed by atoms with van der Waals surface area (Å²) in [5.74, 6) is 1.06. The van der Waals surface area contributed by atoms with Gasteiger partial charge in [0.15, 0.2) is 0 Å². The third kappa shape index (κ3) is 1.16. The predicted octanol–water partition coefficient (Wildman–Crippen LogP) is 2.69. The van der Waals surface area contributed by atoms with Gasteiger partial charge in [-0.25, -0.2) is 0 Å². The fourth-order valence-electron chi connectivity index (χ4n) is 1.30. The SMILES string of the molecule is Cc1cc2c(cc1Br)CCO2. The molecule has 0 atom stereocenters. The average Bonchev–Trinajstić information content (AvgIpc) is 2.36. The van der Waals surface area contributed by atoms with Crippen LogP contribution in [0.2, 0.25) is 0 Å². The summed E-state index contributed by atoms with van der Waals surface area (Å²) in [6, 6.07) is 4.24. The number of benzene rings is 1. The van der Waals surface area contributed by atoms with Crippen molar-refractivity contribution in [3.8, 4) is 5.75 Å². The van der Waals surface area contributed by atoms with Crippen LogP contribution >= 0.6 is 15.9 Å². The van der Waals surface area contributed by atoms with Gasteiger partial charge in [-0.2, -0.15) is 0 Å². The van der Waals surface area contributed by atoms with E-state index in [0.29, 0.717) is 0 Å². The van der Waals surface area contributed by atoms with Gasteiger partial charge in [0.25, 0.3) is 0 Å². The summed E-state index contributed by atoms with van der Waals surface area (Å²) < 4.78 is 6.60. The second kappa shape index (κ2) is 2.52. The van der Waals surface area contributed by atoms with Crippen LogP contribution < -0.4 is 4.74 Å². The van der Waals surface area contributed by atoms with Crippen molar-refractivity contribution >= 4 is 15.9 Å². The molecule has 1 heterocycles. The lowest BCUT2D eigenvalue weighted by molar-refractivity contribution is 0.356. The minimum Gasteiger partial charge on any atom is -0.493 e. The highest BCUT2D eigenvalue weighted by Gasteiger charge is 2.12. The number of ether oxygens (including phenoxy) is 1. The van der Waals surface area contributed by atoms with E-state index in [4.69, 9.17) is 4.74 Å². The van der Waals surface area contributed by atoms with Crippen LogP contribution in [0.25, 0.3) is 0 Å². The molecular weight excluding hydrogens is 204 g/mol. The fourth-order valence-corrected chi connectivity index (χ4v) is 1.69. The van der Waals surface area contributed by atoms with Gasteiger partial charge < -0.3 is 4.74 Å².